The van der Waals surface area contributed by atoms with Gasteiger partial charge < -0.3 is 37.5 Å². The van der Waals surface area contributed by atoms with Crippen LogP contribution in [-0.4, -0.2) is 127 Å². The molecule has 0 rings (SSSR count). The van der Waals surface area contributed by atoms with Gasteiger partial charge in [-0.3, -0.25) is 0 Å². The van der Waals surface area contributed by atoms with Crippen molar-refractivity contribution in [3.8, 4) is 0 Å². The summed E-state index contributed by atoms with van der Waals surface area (Å²) < 4.78 is 100. The van der Waals surface area contributed by atoms with Gasteiger partial charge in [0.05, 0.1) is 59.9 Å². The van der Waals surface area contributed by atoms with Crippen molar-refractivity contribution in [2.45, 2.75) is 142 Å². The first kappa shape index (κ1) is 59.2. The summed E-state index contributed by atoms with van der Waals surface area (Å²) in [5, 5.41) is 0. The number of unbranched alkanes of at least 4 members (excludes halogenated alkanes) is 14. The van der Waals surface area contributed by atoms with Gasteiger partial charge in [0.15, 0.2) is 0 Å². The van der Waals surface area contributed by atoms with E-state index >= 15 is 0 Å². The van der Waals surface area contributed by atoms with E-state index in [0.29, 0.717) is 52.9 Å². The molecule has 0 aliphatic heterocycles. The van der Waals surface area contributed by atoms with Gasteiger partial charge in [0.25, 0.3) is 0 Å². The molecule has 308 valence electrons. The molecule has 0 fully saturated rings. The van der Waals surface area contributed by atoms with Crippen LogP contribution in [0.2, 0.25) is 0 Å². The minimum atomic E-state index is -4.27. The van der Waals surface area contributed by atoms with E-state index in [-0.39, 0.29) is 97.4 Å². The Labute approximate surface area is 372 Å². The Morgan fingerprint density at radius 2 is 0.736 bits per heavy atom. The van der Waals surface area contributed by atoms with Gasteiger partial charge >= 0.3 is 59.1 Å². The normalized spacial score (nSPS) is 13.1. The third-order valence-electron chi connectivity index (χ3n) is 8.03. The zero-order valence-corrected chi connectivity index (χ0v) is 40.4. The summed E-state index contributed by atoms with van der Waals surface area (Å²) in [6.45, 7) is 8.32. The molecule has 0 saturated carbocycles. The molecular formula is C36H72Na2O12S3. The van der Waals surface area contributed by atoms with Crippen LogP contribution in [0.5, 0.6) is 0 Å². The Hall–Kier alpha value is 1.93. The monoisotopic (exact) mass is 838 g/mol. The van der Waals surface area contributed by atoms with Crippen LogP contribution in [0.3, 0.4) is 0 Å². The van der Waals surface area contributed by atoms with Crippen molar-refractivity contribution in [1.82, 2.24) is 0 Å². The second-order valence-corrected chi connectivity index (χ2v) is 17.4. The minimum Gasteiger partial charge on any atom is -0.748 e. The van der Waals surface area contributed by atoms with E-state index in [1.807, 2.05) is 0 Å². The molecule has 12 nitrogen and oxygen atoms in total. The van der Waals surface area contributed by atoms with E-state index < -0.39 is 31.7 Å². The molecule has 0 amide bonds. The summed E-state index contributed by atoms with van der Waals surface area (Å²) in [7, 11) is -8.54. The van der Waals surface area contributed by atoms with Crippen LogP contribution in [0.25, 0.3) is 0 Å². The summed E-state index contributed by atoms with van der Waals surface area (Å²) in [5.74, 6) is 0.580. The van der Waals surface area contributed by atoms with E-state index in [1.165, 1.54) is 77.0 Å². The summed E-state index contributed by atoms with van der Waals surface area (Å²) in [6, 6.07) is 0. The summed E-state index contributed by atoms with van der Waals surface area (Å²) in [6.07, 6.45) is 19.1. The van der Waals surface area contributed by atoms with Crippen molar-refractivity contribution < 1.29 is 113 Å². The van der Waals surface area contributed by atoms with E-state index in [2.05, 4.69) is 13.8 Å². The first-order valence-electron chi connectivity index (χ1n) is 19.6. The smallest absolute Gasteiger partial charge is 0.748 e. The molecule has 2 atom stereocenters. The third-order valence-corrected chi connectivity index (χ3v) is 10.5. The number of hydrogen-bond donors (Lipinski definition) is 0. The molecule has 0 heterocycles. The maximum Gasteiger partial charge on any atom is 1.00 e. The van der Waals surface area contributed by atoms with Crippen molar-refractivity contribution in [1.29, 1.82) is 0 Å². The predicted molar refractivity (Wildman–Crippen MR) is 204 cm³/mol. The molecule has 0 aromatic carbocycles. The Kier molecular flexibility index (Phi) is 48.6. The molecular weight excluding hydrogens is 767 g/mol. The van der Waals surface area contributed by atoms with Gasteiger partial charge in [0.1, 0.15) is 12.2 Å². The van der Waals surface area contributed by atoms with Crippen LogP contribution in [0, 0.1) is 0 Å². The van der Waals surface area contributed by atoms with Crippen molar-refractivity contribution in [2.24, 2.45) is 0 Å². The molecule has 0 bridgehead atoms. The van der Waals surface area contributed by atoms with Crippen LogP contribution in [-0.2, 0) is 48.7 Å². The topological polar surface area (TPSA) is 170 Å². The first-order chi connectivity index (χ1) is 24.6. The van der Waals surface area contributed by atoms with Crippen LogP contribution >= 0.6 is 11.8 Å². The average Bonchev–Trinajstić information content (AvgIpc) is 3.07. The maximum atomic E-state index is 10.9. The Morgan fingerprint density at radius 3 is 1.06 bits per heavy atom. The molecule has 0 aromatic rings. The average molecular weight is 839 g/mol. The molecule has 0 spiro atoms. The number of rotatable bonds is 42. The number of ether oxygens (including phenoxy) is 6. The predicted octanol–water partition coefficient (Wildman–Crippen LogP) is 0.716. The van der Waals surface area contributed by atoms with Gasteiger partial charge in [-0.1, -0.05) is 104 Å². The molecule has 0 N–H and O–H groups in total. The van der Waals surface area contributed by atoms with Gasteiger partial charge in [-0.25, -0.2) is 16.8 Å². The number of hydrogen-bond acceptors (Lipinski definition) is 13. The van der Waals surface area contributed by atoms with Crippen molar-refractivity contribution >= 4 is 32.0 Å². The molecule has 0 aliphatic rings. The van der Waals surface area contributed by atoms with Gasteiger partial charge in [0, 0.05) is 49.4 Å². The molecule has 17 heteroatoms. The van der Waals surface area contributed by atoms with Gasteiger partial charge in [0.2, 0.25) is 0 Å². The SMILES string of the molecule is CCCCCCCCCCOCC(COCCSCCOCC(COCCCCCCCCCC)OCCCS(=O)(=O)[O-])OCCCS(=O)(=O)[O-].[Na+].[Na+]. The maximum absolute atomic E-state index is 10.9. The molecule has 0 radical (unpaired) electrons. The zero-order valence-electron chi connectivity index (χ0n) is 33.9. The second kappa shape index (κ2) is 43.5. The van der Waals surface area contributed by atoms with Crippen LogP contribution in [0.15, 0.2) is 0 Å². The van der Waals surface area contributed by atoms with E-state index in [9.17, 15) is 25.9 Å². The molecule has 0 aromatic heterocycles. The number of thioether (sulfide) groups is 1. The second-order valence-electron chi connectivity index (χ2n) is 13.1. The quantitative estimate of drug-likeness (QED) is 0.0480. The van der Waals surface area contributed by atoms with Crippen LogP contribution in [0.1, 0.15) is 129 Å². The minimum absolute atomic E-state index is 0. The van der Waals surface area contributed by atoms with Gasteiger partial charge in [-0.05, 0) is 25.7 Å². The first-order valence-corrected chi connectivity index (χ1v) is 23.9. The van der Waals surface area contributed by atoms with Gasteiger partial charge in [-0.2, -0.15) is 11.8 Å². The van der Waals surface area contributed by atoms with E-state index in [4.69, 9.17) is 28.4 Å². The largest absolute Gasteiger partial charge is 1.00 e. The molecule has 53 heavy (non-hydrogen) atoms. The molecule has 0 saturated heterocycles. The Balaban J connectivity index is -0.0000125. The van der Waals surface area contributed by atoms with E-state index in [0.717, 1.165) is 37.2 Å². The summed E-state index contributed by atoms with van der Waals surface area (Å²) in [4.78, 5) is 0. The Bertz CT molecular complexity index is 876. The van der Waals surface area contributed by atoms with E-state index in [1.54, 1.807) is 11.8 Å². The zero-order chi connectivity index (χ0) is 37.7. The third kappa shape index (κ3) is 50.0. The van der Waals surface area contributed by atoms with Crippen LogP contribution < -0.4 is 59.1 Å². The fourth-order valence-corrected chi connectivity index (χ4v) is 6.75. The fourth-order valence-electron chi connectivity index (χ4n) is 5.13. The standard InChI is InChI=1S/C36H74O12S3.2Na/c1-3-5-7-9-11-13-15-17-21-43-31-35(47-23-19-29-50(37,38)39)33-45-25-27-49-28-26-46-34-36(48-24-20-30-51(40,41)42)32-44-22-18-16-14-12-10-8-6-4-2;;/h35-36H,3-34H2,1-2H3,(H,37,38,39)(H,40,41,42);;/q;2*+1/p-2. The van der Waals surface area contributed by atoms with Crippen molar-refractivity contribution in [3.63, 3.8) is 0 Å². The molecule has 0 aliphatic carbocycles. The molecule has 2 unspecified atom stereocenters. The van der Waals surface area contributed by atoms with Gasteiger partial charge in [-0.15, -0.1) is 0 Å². The Morgan fingerprint density at radius 1 is 0.434 bits per heavy atom. The summed E-state index contributed by atoms with van der Waals surface area (Å²) in [5.41, 5.74) is 0. The van der Waals surface area contributed by atoms with Crippen LogP contribution in [0.4, 0.5) is 0 Å². The summed E-state index contributed by atoms with van der Waals surface area (Å²) >= 11 is 1.68. The van der Waals surface area contributed by atoms with Crippen molar-refractivity contribution in [2.75, 3.05) is 89.1 Å². The van der Waals surface area contributed by atoms with Crippen molar-refractivity contribution in [3.05, 3.63) is 0 Å². The fraction of sp³-hybridized carbons (Fsp3) is 1.00.